The van der Waals surface area contributed by atoms with E-state index in [9.17, 15) is 0 Å². The van der Waals surface area contributed by atoms with Crippen LogP contribution in [0.3, 0.4) is 0 Å². The van der Waals surface area contributed by atoms with Crippen molar-refractivity contribution < 1.29 is 4.74 Å². The SMILES string of the molecule is CNc1nc(OC)nc(N(C)Cc2ccsc2)n1. The van der Waals surface area contributed by atoms with E-state index in [1.54, 1.807) is 18.4 Å². The third-order valence-corrected chi connectivity index (χ3v) is 3.08. The molecule has 0 aliphatic rings. The summed E-state index contributed by atoms with van der Waals surface area (Å²) in [6, 6.07) is 2.39. The number of anilines is 2. The van der Waals surface area contributed by atoms with Crippen molar-refractivity contribution in [3.63, 3.8) is 0 Å². The minimum atomic E-state index is 0.307. The molecule has 2 heterocycles. The van der Waals surface area contributed by atoms with E-state index < -0.39 is 0 Å². The monoisotopic (exact) mass is 265 g/mol. The van der Waals surface area contributed by atoms with Crippen LogP contribution in [0.4, 0.5) is 11.9 Å². The van der Waals surface area contributed by atoms with Gasteiger partial charge in [-0.25, -0.2) is 0 Å². The fraction of sp³-hybridized carbons (Fsp3) is 0.364. The molecule has 0 fully saturated rings. The largest absolute Gasteiger partial charge is 0.467 e. The van der Waals surface area contributed by atoms with E-state index in [0.717, 1.165) is 6.54 Å². The lowest BCUT2D eigenvalue weighted by Gasteiger charge is -2.17. The van der Waals surface area contributed by atoms with Crippen molar-refractivity contribution in [2.24, 2.45) is 0 Å². The summed E-state index contributed by atoms with van der Waals surface area (Å²) in [5.74, 6) is 1.08. The maximum Gasteiger partial charge on any atom is 0.322 e. The molecule has 0 radical (unpaired) electrons. The summed E-state index contributed by atoms with van der Waals surface area (Å²) in [5.41, 5.74) is 1.23. The van der Waals surface area contributed by atoms with Gasteiger partial charge in [-0.3, -0.25) is 0 Å². The third-order valence-electron chi connectivity index (χ3n) is 2.35. The number of nitrogens with one attached hydrogen (secondary N) is 1. The van der Waals surface area contributed by atoms with Crippen molar-refractivity contribution in [3.8, 4) is 6.01 Å². The fourth-order valence-corrected chi connectivity index (χ4v) is 2.11. The normalized spacial score (nSPS) is 10.2. The van der Waals surface area contributed by atoms with Crippen molar-refractivity contribution in [1.82, 2.24) is 15.0 Å². The summed E-state index contributed by atoms with van der Waals surface area (Å²) in [6.45, 7) is 0.750. The van der Waals surface area contributed by atoms with Crippen LogP contribution in [0.1, 0.15) is 5.56 Å². The van der Waals surface area contributed by atoms with Crippen LogP contribution in [0.25, 0.3) is 0 Å². The number of rotatable bonds is 5. The average Bonchev–Trinajstić information content (AvgIpc) is 2.90. The molecule has 7 heteroatoms. The Morgan fingerprint density at radius 2 is 2.22 bits per heavy atom. The van der Waals surface area contributed by atoms with Gasteiger partial charge in [-0.1, -0.05) is 0 Å². The molecule has 2 rings (SSSR count). The van der Waals surface area contributed by atoms with Crippen molar-refractivity contribution in [3.05, 3.63) is 22.4 Å². The van der Waals surface area contributed by atoms with Gasteiger partial charge < -0.3 is 15.0 Å². The van der Waals surface area contributed by atoms with Gasteiger partial charge in [-0.2, -0.15) is 26.3 Å². The van der Waals surface area contributed by atoms with Crippen LogP contribution in [0.2, 0.25) is 0 Å². The molecule has 0 amide bonds. The standard InChI is InChI=1S/C11H15N5OS/c1-12-9-13-10(15-11(14-9)17-3)16(2)6-8-4-5-18-7-8/h4-5,7H,6H2,1-3H3,(H,12,13,14,15). The predicted octanol–water partition coefficient (Wildman–Crippen LogP) is 1.62. The van der Waals surface area contributed by atoms with Crippen LogP contribution in [-0.4, -0.2) is 36.2 Å². The number of hydrogen-bond acceptors (Lipinski definition) is 7. The van der Waals surface area contributed by atoms with Crippen LogP contribution in [0.5, 0.6) is 6.01 Å². The minimum Gasteiger partial charge on any atom is -0.467 e. The molecule has 0 saturated carbocycles. The number of hydrogen-bond donors (Lipinski definition) is 1. The first-order valence-corrected chi connectivity index (χ1v) is 6.37. The highest BCUT2D eigenvalue weighted by atomic mass is 32.1. The summed E-state index contributed by atoms with van der Waals surface area (Å²) in [4.78, 5) is 14.5. The zero-order valence-corrected chi connectivity index (χ0v) is 11.4. The van der Waals surface area contributed by atoms with Gasteiger partial charge in [0.25, 0.3) is 0 Å². The van der Waals surface area contributed by atoms with E-state index in [2.05, 4.69) is 37.1 Å². The number of methoxy groups -OCH3 is 1. The summed E-state index contributed by atoms with van der Waals surface area (Å²) in [7, 11) is 5.24. The molecule has 0 saturated heterocycles. The molecule has 18 heavy (non-hydrogen) atoms. The van der Waals surface area contributed by atoms with Gasteiger partial charge in [0.05, 0.1) is 7.11 Å². The molecular formula is C11H15N5OS. The van der Waals surface area contributed by atoms with E-state index in [0.29, 0.717) is 17.9 Å². The van der Waals surface area contributed by atoms with E-state index >= 15 is 0 Å². The topological polar surface area (TPSA) is 63.2 Å². The van der Waals surface area contributed by atoms with Crippen LogP contribution < -0.4 is 15.0 Å². The zero-order valence-electron chi connectivity index (χ0n) is 10.5. The van der Waals surface area contributed by atoms with Gasteiger partial charge in [-0.05, 0) is 22.4 Å². The molecule has 0 unspecified atom stereocenters. The van der Waals surface area contributed by atoms with Gasteiger partial charge in [-0.15, -0.1) is 0 Å². The highest BCUT2D eigenvalue weighted by Gasteiger charge is 2.10. The Kier molecular flexibility index (Phi) is 3.93. The molecule has 0 aliphatic heterocycles. The Balaban J connectivity index is 2.20. The first kappa shape index (κ1) is 12.6. The Labute approximate surface area is 110 Å². The second kappa shape index (κ2) is 5.63. The summed E-state index contributed by atoms with van der Waals surface area (Å²) >= 11 is 1.68. The maximum atomic E-state index is 5.06. The lowest BCUT2D eigenvalue weighted by Crippen LogP contribution is -2.20. The molecule has 2 aromatic rings. The van der Waals surface area contributed by atoms with Crippen molar-refractivity contribution in [1.29, 1.82) is 0 Å². The number of nitrogens with zero attached hydrogens (tertiary/aromatic N) is 4. The van der Waals surface area contributed by atoms with E-state index in [1.807, 2.05) is 11.9 Å². The van der Waals surface area contributed by atoms with Gasteiger partial charge in [0.2, 0.25) is 11.9 Å². The summed E-state index contributed by atoms with van der Waals surface area (Å²) in [5, 5.41) is 7.05. The molecule has 0 spiro atoms. The molecule has 2 aromatic heterocycles. The number of thiophene rings is 1. The molecule has 96 valence electrons. The Morgan fingerprint density at radius 1 is 1.39 bits per heavy atom. The lowest BCUT2D eigenvalue weighted by molar-refractivity contribution is 0.379. The van der Waals surface area contributed by atoms with Crippen molar-refractivity contribution in [2.45, 2.75) is 6.54 Å². The summed E-state index contributed by atoms with van der Waals surface area (Å²) < 4.78 is 5.06. The van der Waals surface area contributed by atoms with Crippen LogP contribution in [0.15, 0.2) is 16.8 Å². The Hall–Kier alpha value is -1.89. The van der Waals surface area contributed by atoms with Gasteiger partial charge >= 0.3 is 6.01 Å². The fourth-order valence-electron chi connectivity index (χ4n) is 1.45. The molecule has 0 aromatic carbocycles. The van der Waals surface area contributed by atoms with Crippen molar-refractivity contribution in [2.75, 3.05) is 31.4 Å². The maximum absolute atomic E-state index is 5.06. The minimum absolute atomic E-state index is 0.307. The van der Waals surface area contributed by atoms with Gasteiger partial charge in [0, 0.05) is 20.6 Å². The average molecular weight is 265 g/mol. The molecule has 6 nitrogen and oxygen atoms in total. The Morgan fingerprint density at radius 3 is 2.83 bits per heavy atom. The smallest absolute Gasteiger partial charge is 0.322 e. The van der Waals surface area contributed by atoms with E-state index in [-0.39, 0.29) is 0 Å². The molecule has 0 atom stereocenters. The highest BCUT2D eigenvalue weighted by molar-refractivity contribution is 7.07. The predicted molar refractivity (Wildman–Crippen MR) is 72.4 cm³/mol. The van der Waals surface area contributed by atoms with Crippen LogP contribution >= 0.6 is 11.3 Å². The van der Waals surface area contributed by atoms with E-state index in [4.69, 9.17) is 4.74 Å². The second-order valence-corrected chi connectivity index (χ2v) is 4.46. The Bertz CT molecular complexity index is 480. The number of aromatic nitrogens is 3. The van der Waals surface area contributed by atoms with Gasteiger partial charge in [0.15, 0.2) is 0 Å². The zero-order chi connectivity index (χ0) is 13.0. The third kappa shape index (κ3) is 2.86. The lowest BCUT2D eigenvalue weighted by atomic mass is 10.3. The van der Waals surface area contributed by atoms with Gasteiger partial charge in [0.1, 0.15) is 0 Å². The first-order valence-electron chi connectivity index (χ1n) is 5.43. The molecule has 1 N–H and O–H groups in total. The second-order valence-electron chi connectivity index (χ2n) is 3.68. The number of ether oxygens (including phenoxy) is 1. The molecule has 0 bridgehead atoms. The molecular weight excluding hydrogens is 250 g/mol. The first-order chi connectivity index (χ1) is 8.72. The van der Waals surface area contributed by atoms with Crippen LogP contribution in [-0.2, 0) is 6.54 Å². The van der Waals surface area contributed by atoms with Crippen molar-refractivity contribution >= 4 is 23.2 Å². The highest BCUT2D eigenvalue weighted by Crippen LogP contribution is 2.16. The summed E-state index contributed by atoms with van der Waals surface area (Å²) in [6.07, 6.45) is 0. The van der Waals surface area contributed by atoms with Crippen LogP contribution in [0, 0.1) is 0 Å². The van der Waals surface area contributed by atoms with E-state index in [1.165, 1.54) is 12.7 Å². The quantitative estimate of drug-likeness (QED) is 0.886. The molecule has 0 aliphatic carbocycles.